The first-order valence-electron chi connectivity index (χ1n) is 5.92. The predicted molar refractivity (Wildman–Crippen MR) is 70.8 cm³/mol. The van der Waals surface area contributed by atoms with E-state index in [9.17, 15) is 5.11 Å². The minimum Gasteiger partial charge on any atom is -0.486 e. The van der Waals surface area contributed by atoms with Crippen molar-refractivity contribution < 1.29 is 19.3 Å². The zero-order valence-electron chi connectivity index (χ0n) is 10.2. The number of aliphatic hydroxyl groups is 1. The van der Waals surface area contributed by atoms with E-state index in [0.29, 0.717) is 19.6 Å². The normalized spacial score (nSPS) is 26.7. The molecule has 18 heavy (non-hydrogen) atoms. The van der Waals surface area contributed by atoms with Crippen LogP contribution in [0.4, 0.5) is 0 Å². The van der Waals surface area contributed by atoms with Crippen molar-refractivity contribution in [3.63, 3.8) is 0 Å². The summed E-state index contributed by atoms with van der Waals surface area (Å²) in [7, 11) is 1.62. The molecular weight excluding hydrogens is 300 g/mol. The minimum absolute atomic E-state index is 0.101. The molecule has 1 aromatic carbocycles. The first-order valence-corrected chi connectivity index (χ1v) is 6.71. The maximum atomic E-state index is 9.67. The van der Waals surface area contributed by atoms with Crippen molar-refractivity contribution in [1.29, 1.82) is 0 Å². The molecule has 0 amide bonds. The molecular formula is C13H17BrO4. The lowest BCUT2D eigenvalue weighted by Gasteiger charge is -2.40. The van der Waals surface area contributed by atoms with E-state index in [1.807, 2.05) is 24.3 Å². The van der Waals surface area contributed by atoms with Gasteiger partial charge in [0, 0.05) is 13.5 Å². The molecule has 0 saturated heterocycles. The highest BCUT2D eigenvalue weighted by atomic mass is 79.9. The highest BCUT2D eigenvalue weighted by molar-refractivity contribution is 9.10. The second kappa shape index (κ2) is 6.52. The monoisotopic (exact) mass is 316 g/mol. The molecule has 0 radical (unpaired) electrons. The average Bonchev–Trinajstić information content (AvgIpc) is 2.36. The van der Waals surface area contributed by atoms with Crippen LogP contribution in [-0.2, 0) is 9.47 Å². The molecule has 1 aliphatic rings. The molecule has 1 saturated carbocycles. The van der Waals surface area contributed by atoms with Crippen molar-refractivity contribution in [3.05, 3.63) is 28.7 Å². The molecule has 0 aromatic heterocycles. The lowest BCUT2D eigenvalue weighted by Crippen LogP contribution is -2.55. The maximum absolute atomic E-state index is 9.67. The van der Waals surface area contributed by atoms with Gasteiger partial charge in [0.15, 0.2) is 0 Å². The third-order valence-corrected chi connectivity index (χ3v) is 3.59. The number of rotatable bonds is 6. The first-order chi connectivity index (χ1) is 8.72. The van der Waals surface area contributed by atoms with Crippen LogP contribution < -0.4 is 4.74 Å². The zero-order valence-corrected chi connectivity index (χ0v) is 11.8. The quantitative estimate of drug-likeness (QED) is 0.815. The Kier molecular flexibility index (Phi) is 5.00. The number of methoxy groups -OCH3 is 1. The molecule has 2 rings (SSSR count). The van der Waals surface area contributed by atoms with Crippen LogP contribution in [0.1, 0.15) is 6.42 Å². The fraction of sp³-hybridized carbons (Fsp3) is 0.538. The van der Waals surface area contributed by atoms with E-state index in [-0.39, 0.29) is 12.2 Å². The first kappa shape index (κ1) is 13.8. The molecule has 4 nitrogen and oxygen atoms in total. The van der Waals surface area contributed by atoms with E-state index in [2.05, 4.69) is 15.9 Å². The zero-order chi connectivity index (χ0) is 13.0. The molecule has 5 heteroatoms. The SMILES string of the molecule is COCCOC1C(O)CC1Oc1ccccc1Br. The number of hydrogen-bond donors (Lipinski definition) is 1. The van der Waals surface area contributed by atoms with Crippen molar-refractivity contribution in [2.45, 2.75) is 24.7 Å². The van der Waals surface area contributed by atoms with Crippen LogP contribution in [-0.4, -0.2) is 43.7 Å². The Bertz CT molecular complexity index is 385. The lowest BCUT2D eigenvalue weighted by atomic mass is 9.88. The van der Waals surface area contributed by atoms with E-state index < -0.39 is 6.10 Å². The molecule has 0 heterocycles. The second-order valence-electron chi connectivity index (χ2n) is 4.22. The van der Waals surface area contributed by atoms with Gasteiger partial charge >= 0.3 is 0 Å². The fourth-order valence-corrected chi connectivity index (χ4v) is 2.24. The Morgan fingerprint density at radius 3 is 2.78 bits per heavy atom. The van der Waals surface area contributed by atoms with Gasteiger partial charge in [-0.05, 0) is 28.1 Å². The van der Waals surface area contributed by atoms with Crippen LogP contribution >= 0.6 is 15.9 Å². The van der Waals surface area contributed by atoms with Gasteiger partial charge in [-0.3, -0.25) is 0 Å². The number of halogens is 1. The van der Waals surface area contributed by atoms with Crippen LogP contribution in [0.5, 0.6) is 5.75 Å². The number of para-hydroxylation sites is 1. The molecule has 100 valence electrons. The van der Waals surface area contributed by atoms with E-state index in [1.54, 1.807) is 7.11 Å². The van der Waals surface area contributed by atoms with Crippen molar-refractivity contribution >= 4 is 15.9 Å². The van der Waals surface area contributed by atoms with E-state index >= 15 is 0 Å². The molecule has 0 bridgehead atoms. The molecule has 1 N–H and O–H groups in total. The van der Waals surface area contributed by atoms with E-state index in [0.717, 1.165) is 10.2 Å². The minimum atomic E-state index is -0.450. The van der Waals surface area contributed by atoms with Crippen LogP contribution in [0.25, 0.3) is 0 Å². The van der Waals surface area contributed by atoms with Crippen LogP contribution in [0.15, 0.2) is 28.7 Å². The van der Waals surface area contributed by atoms with Gasteiger partial charge in [0.05, 0.1) is 23.8 Å². The number of hydrogen-bond acceptors (Lipinski definition) is 4. The van der Waals surface area contributed by atoms with Gasteiger partial charge in [-0.2, -0.15) is 0 Å². The summed E-state index contributed by atoms with van der Waals surface area (Å²) < 4.78 is 17.2. The van der Waals surface area contributed by atoms with Crippen molar-refractivity contribution in [3.8, 4) is 5.75 Å². The van der Waals surface area contributed by atoms with Crippen LogP contribution in [0, 0.1) is 0 Å². The Labute approximate surface area is 115 Å². The smallest absolute Gasteiger partial charge is 0.134 e. The average molecular weight is 317 g/mol. The molecule has 3 atom stereocenters. The number of benzene rings is 1. The van der Waals surface area contributed by atoms with Gasteiger partial charge in [-0.15, -0.1) is 0 Å². The van der Waals surface area contributed by atoms with Gasteiger partial charge in [0.2, 0.25) is 0 Å². The van der Waals surface area contributed by atoms with Crippen LogP contribution in [0.3, 0.4) is 0 Å². The summed E-state index contributed by atoms with van der Waals surface area (Å²) in [5, 5.41) is 9.67. The molecule has 1 fully saturated rings. The molecule has 0 aliphatic heterocycles. The predicted octanol–water partition coefficient (Wildman–Crippen LogP) is 1.99. The maximum Gasteiger partial charge on any atom is 0.134 e. The number of aliphatic hydroxyl groups excluding tert-OH is 1. The third-order valence-electron chi connectivity index (χ3n) is 2.93. The summed E-state index contributed by atoms with van der Waals surface area (Å²) in [6, 6.07) is 7.65. The van der Waals surface area contributed by atoms with E-state index in [4.69, 9.17) is 14.2 Å². The fourth-order valence-electron chi connectivity index (χ4n) is 1.86. The van der Waals surface area contributed by atoms with Gasteiger partial charge in [0.25, 0.3) is 0 Å². The van der Waals surface area contributed by atoms with Gasteiger partial charge in [-0.1, -0.05) is 12.1 Å². The van der Waals surface area contributed by atoms with Crippen LogP contribution in [0.2, 0.25) is 0 Å². The Morgan fingerprint density at radius 2 is 2.11 bits per heavy atom. The topological polar surface area (TPSA) is 47.9 Å². The third kappa shape index (κ3) is 3.23. The summed E-state index contributed by atoms with van der Waals surface area (Å²) >= 11 is 3.43. The Hall–Kier alpha value is -0.620. The summed E-state index contributed by atoms with van der Waals surface area (Å²) in [6.07, 6.45) is -0.226. The highest BCUT2D eigenvalue weighted by Crippen LogP contribution is 2.32. The largest absolute Gasteiger partial charge is 0.486 e. The van der Waals surface area contributed by atoms with Crippen molar-refractivity contribution in [1.82, 2.24) is 0 Å². The lowest BCUT2D eigenvalue weighted by molar-refractivity contribution is -0.167. The summed E-state index contributed by atoms with van der Waals surface area (Å²) in [5.74, 6) is 0.773. The van der Waals surface area contributed by atoms with Gasteiger partial charge < -0.3 is 19.3 Å². The van der Waals surface area contributed by atoms with Gasteiger partial charge in [-0.25, -0.2) is 0 Å². The Balaban J connectivity index is 1.88. The summed E-state index contributed by atoms with van der Waals surface area (Å²) in [6.45, 7) is 0.985. The standard InChI is InChI=1S/C13H17BrO4/c1-16-6-7-17-13-10(15)8-12(13)18-11-5-3-2-4-9(11)14/h2-5,10,12-13,15H,6-8H2,1H3. The molecule has 1 aliphatic carbocycles. The molecule has 1 aromatic rings. The molecule has 0 spiro atoms. The van der Waals surface area contributed by atoms with Crippen molar-refractivity contribution in [2.75, 3.05) is 20.3 Å². The van der Waals surface area contributed by atoms with E-state index in [1.165, 1.54) is 0 Å². The summed E-state index contributed by atoms with van der Waals surface area (Å²) in [4.78, 5) is 0. The Morgan fingerprint density at radius 1 is 1.33 bits per heavy atom. The molecule has 3 unspecified atom stereocenters. The van der Waals surface area contributed by atoms with Crippen molar-refractivity contribution in [2.24, 2.45) is 0 Å². The second-order valence-corrected chi connectivity index (χ2v) is 5.07. The summed E-state index contributed by atoms with van der Waals surface area (Å²) in [5.41, 5.74) is 0. The number of ether oxygens (including phenoxy) is 3. The van der Waals surface area contributed by atoms with Gasteiger partial charge in [0.1, 0.15) is 18.0 Å². The highest BCUT2D eigenvalue weighted by Gasteiger charge is 2.43.